The van der Waals surface area contributed by atoms with Gasteiger partial charge in [-0.05, 0) is 53.6 Å². The number of aliphatic imine (C=N–C) groups is 1. The number of para-hydroxylation sites is 2. The molecule has 0 aliphatic rings. The van der Waals surface area contributed by atoms with Crippen LogP contribution >= 0.6 is 0 Å². The number of fused-ring (bicyclic) bond motifs is 7. The third-order valence-corrected chi connectivity index (χ3v) is 7.32. The van der Waals surface area contributed by atoms with E-state index in [-0.39, 0.29) is 6.04 Å². The third-order valence-electron chi connectivity index (χ3n) is 7.32. The fourth-order valence-corrected chi connectivity index (χ4v) is 5.41. The van der Waals surface area contributed by atoms with Gasteiger partial charge < -0.3 is 8.98 Å². The number of nitriles is 1. The first-order chi connectivity index (χ1) is 19.2. The topological polar surface area (TPSA) is 54.2 Å². The monoisotopic (exact) mass is 501 g/mol. The van der Waals surface area contributed by atoms with Gasteiger partial charge in [-0.1, -0.05) is 72.8 Å². The van der Waals surface area contributed by atoms with Gasteiger partial charge in [-0.15, -0.1) is 6.58 Å². The molecule has 7 rings (SSSR count). The van der Waals surface area contributed by atoms with Crippen LogP contribution in [0.5, 0.6) is 0 Å². The van der Waals surface area contributed by atoms with E-state index in [1.165, 1.54) is 10.8 Å². The highest BCUT2D eigenvalue weighted by molar-refractivity contribution is 6.21. The molecule has 184 valence electrons. The van der Waals surface area contributed by atoms with Crippen LogP contribution in [0.2, 0.25) is 0 Å². The summed E-state index contributed by atoms with van der Waals surface area (Å²) in [5, 5.41) is 13.7. The lowest BCUT2D eigenvalue weighted by Crippen LogP contribution is -1.96. The first-order valence-corrected chi connectivity index (χ1v) is 12.8. The van der Waals surface area contributed by atoms with Crippen molar-refractivity contribution in [1.82, 2.24) is 4.57 Å². The molecular formula is C35H23N3O. The molecule has 7 aromatic rings. The van der Waals surface area contributed by atoms with Gasteiger partial charge in [0.2, 0.25) is 0 Å². The van der Waals surface area contributed by atoms with Crippen LogP contribution in [0.25, 0.3) is 49.4 Å². The van der Waals surface area contributed by atoms with Gasteiger partial charge in [0.05, 0.1) is 28.7 Å². The quantitative estimate of drug-likeness (QED) is 0.175. The smallest absolute Gasteiger partial charge is 0.160 e. The zero-order valence-corrected chi connectivity index (χ0v) is 21.1. The maximum atomic E-state index is 9.06. The summed E-state index contributed by atoms with van der Waals surface area (Å²) in [7, 11) is 0. The molecule has 4 heteroatoms. The number of rotatable bonds is 5. The van der Waals surface area contributed by atoms with Gasteiger partial charge in [0.25, 0.3) is 0 Å². The van der Waals surface area contributed by atoms with Crippen molar-refractivity contribution < 1.29 is 4.42 Å². The minimum absolute atomic E-state index is 0.184. The minimum Gasteiger partial charge on any atom is -0.454 e. The van der Waals surface area contributed by atoms with Crippen LogP contribution in [-0.2, 0) is 0 Å². The first-order valence-electron chi connectivity index (χ1n) is 12.8. The molecule has 0 fully saturated rings. The van der Waals surface area contributed by atoms with Crippen molar-refractivity contribution in [2.75, 3.05) is 0 Å². The van der Waals surface area contributed by atoms with Gasteiger partial charge >= 0.3 is 0 Å². The van der Waals surface area contributed by atoms with E-state index in [1.807, 2.05) is 36.6 Å². The van der Waals surface area contributed by atoms with Crippen molar-refractivity contribution in [3.05, 3.63) is 139 Å². The van der Waals surface area contributed by atoms with Crippen molar-refractivity contribution in [3.63, 3.8) is 0 Å². The van der Waals surface area contributed by atoms with Crippen LogP contribution in [0.15, 0.2) is 131 Å². The second-order valence-corrected chi connectivity index (χ2v) is 9.57. The Labute approximate surface area is 225 Å². The van der Waals surface area contributed by atoms with Crippen LogP contribution in [0, 0.1) is 11.3 Å². The predicted molar refractivity (Wildman–Crippen MR) is 160 cm³/mol. The summed E-state index contributed by atoms with van der Waals surface area (Å²) in [5.41, 5.74) is 7.66. The Morgan fingerprint density at radius 2 is 1.49 bits per heavy atom. The normalized spacial score (nSPS) is 12.5. The summed E-state index contributed by atoms with van der Waals surface area (Å²) in [6.45, 7) is 3.95. The Bertz CT molecular complexity index is 2090. The van der Waals surface area contributed by atoms with Gasteiger partial charge in [0.1, 0.15) is 5.58 Å². The third kappa shape index (κ3) is 3.72. The minimum atomic E-state index is -0.184. The molecule has 0 amide bonds. The molecule has 39 heavy (non-hydrogen) atoms. The highest BCUT2D eigenvalue weighted by Crippen LogP contribution is 2.40. The average molecular weight is 502 g/mol. The molecule has 0 saturated heterocycles. The van der Waals surface area contributed by atoms with Crippen molar-refractivity contribution in [2.45, 2.75) is 6.04 Å². The van der Waals surface area contributed by atoms with Crippen LogP contribution in [-0.4, -0.2) is 10.8 Å². The maximum Gasteiger partial charge on any atom is 0.160 e. The fourth-order valence-electron chi connectivity index (χ4n) is 5.41. The summed E-state index contributed by atoms with van der Waals surface area (Å²) < 4.78 is 8.74. The Morgan fingerprint density at radius 3 is 2.26 bits per heavy atom. The van der Waals surface area contributed by atoms with E-state index in [4.69, 9.17) is 14.7 Å². The Balaban J connectivity index is 1.33. The maximum absolute atomic E-state index is 9.06. The second-order valence-electron chi connectivity index (χ2n) is 9.57. The SMILES string of the molecule is C=C[C@H](/N=C/c1ccc(-n2c3ccccc3c3ccc4c5ccccc5oc4c32)cc1)c1ccc(C#N)cc1. The van der Waals surface area contributed by atoms with Gasteiger partial charge in [0.15, 0.2) is 5.58 Å². The van der Waals surface area contributed by atoms with Crippen LogP contribution in [0.1, 0.15) is 22.7 Å². The molecule has 0 N–H and O–H groups in total. The van der Waals surface area contributed by atoms with Crippen LogP contribution in [0.3, 0.4) is 0 Å². The molecule has 2 aromatic heterocycles. The molecule has 1 atom stereocenters. The summed E-state index contributed by atoms with van der Waals surface area (Å²) in [5.74, 6) is 0. The molecule has 0 aliphatic carbocycles. The number of hydrogen-bond acceptors (Lipinski definition) is 3. The molecule has 0 radical (unpaired) electrons. The molecule has 4 nitrogen and oxygen atoms in total. The molecule has 2 heterocycles. The van der Waals surface area contributed by atoms with Crippen LogP contribution < -0.4 is 0 Å². The number of nitrogens with zero attached hydrogens (tertiary/aromatic N) is 3. The summed E-state index contributed by atoms with van der Waals surface area (Å²) in [4.78, 5) is 4.75. The summed E-state index contributed by atoms with van der Waals surface area (Å²) in [6.07, 6.45) is 3.68. The lowest BCUT2D eigenvalue weighted by molar-refractivity contribution is 0.671. The molecule has 0 unspecified atom stereocenters. The molecular weight excluding hydrogens is 478 g/mol. The molecule has 0 aliphatic heterocycles. The standard InChI is InChI=1S/C35H23N3O/c1-2-31(25-15-11-23(21-36)12-16-25)37-22-24-13-17-26(18-14-24)38-32-9-5-3-7-27(32)29-19-20-30-28-8-4-6-10-33(28)39-35(30)34(29)38/h2-20,22,31H,1H2/b37-22+/t31-/m0/s1. The van der Waals surface area contributed by atoms with Gasteiger partial charge in [-0.25, -0.2) is 0 Å². The summed E-state index contributed by atoms with van der Waals surface area (Å²) in [6, 6.07) is 38.9. The highest BCUT2D eigenvalue weighted by Gasteiger charge is 2.18. The van der Waals surface area contributed by atoms with Gasteiger partial charge in [-0.2, -0.15) is 5.26 Å². The molecule has 5 aromatic carbocycles. The largest absolute Gasteiger partial charge is 0.454 e. The number of hydrogen-bond donors (Lipinski definition) is 0. The van der Waals surface area contributed by atoms with E-state index in [0.717, 1.165) is 49.8 Å². The Morgan fingerprint density at radius 1 is 0.769 bits per heavy atom. The number of benzene rings is 5. The molecule has 0 saturated carbocycles. The second kappa shape index (κ2) is 9.16. The average Bonchev–Trinajstić information content (AvgIpc) is 3.54. The van der Waals surface area contributed by atoms with E-state index >= 15 is 0 Å². The van der Waals surface area contributed by atoms with Crippen molar-refractivity contribution in [2.24, 2.45) is 4.99 Å². The van der Waals surface area contributed by atoms with E-state index in [1.54, 1.807) is 12.1 Å². The lowest BCUT2D eigenvalue weighted by atomic mass is 10.1. The van der Waals surface area contributed by atoms with E-state index < -0.39 is 0 Å². The zero-order chi connectivity index (χ0) is 26.3. The van der Waals surface area contributed by atoms with E-state index in [9.17, 15) is 0 Å². The van der Waals surface area contributed by atoms with Gasteiger partial charge in [-0.3, -0.25) is 4.99 Å². The molecule has 0 bridgehead atoms. The Kier molecular flexibility index (Phi) is 5.35. The van der Waals surface area contributed by atoms with Crippen LogP contribution in [0.4, 0.5) is 0 Å². The number of aromatic nitrogens is 1. The van der Waals surface area contributed by atoms with Crippen molar-refractivity contribution >= 4 is 50.0 Å². The van der Waals surface area contributed by atoms with E-state index in [0.29, 0.717) is 5.56 Å². The predicted octanol–water partition coefficient (Wildman–Crippen LogP) is 8.90. The van der Waals surface area contributed by atoms with Gasteiger partial charge in [0, 0.05) is 33.4 Å². The van der Waals surface area contributed by atoms with Crippen molar-refractivity contribution in [1.29, 1.82) is 5.26 Å². The summed E-state index contributed by atoms with van der Waals surface area (Å²) >= 11 is 0. The van der Waals surface area contributed by atoms with E-state index in [2.05, 4.69) is 90.0 Å². The highest BCUT2D eigenvalue weighted by atomic mass is 16.3. The van der Waals surface area contributed by atoms with Crippen molar-refractivity contribution in [3.8, 4) is 11.8 Å². The first kappa shape index (κ1) is 22.8. The number of furan rings is 1. The molecule has 0 spiro atoms. The zero-order valence-electron chi connectivity index (χ0n) is 21.1. The Hall–Kier alpha value is -5.40. The fraction of sp³-hybridized carbons (Fsp3) is 0.0286. The lowest BCUT2D eigenvalue weighted by Gasteiger charge is -2.09.